The van der Waals surface area contributed by atoms with Gasteiger partial charge in [0, 0.05) is 16.9 Å². The van der Waals surface area contributed by atoms with Crippen LogP contribution >= 0.6 is 27.5 Å². The Balaban J connectivity index is 2.10. The third-order valence-corrected chi connectivity index (χ3v) is 2.54. The molecule has 2 aromatic rings. The highest BCUT2D eigenvalue weighted by atomic mass is 79.9. The van der Waals surface area contributed by atoms with Gasteiger partial charge in [-0.05, 0) is 40.2 Å². The van der Waals surface area contributed by atoms with Crippen LogP contribution in [0.2, 0.25) is 5.02 Å². The Labute approximate surface area is 105 Å². The normalized spacial score (nSPS) is 10.1. The number of benzene rings is 1. The minimum absolute atomic E-state index is 0.277. The molecule has 0 radical (unpaired) electrons. The van der Waals surface area contributed by atoms with Crippen LogP contribution in [0.4, 0.5) is 10.5 Å². The molecule has 0 unspecified atom stereocenters. The highest BCUT2D eigenvalue weighted by molar-refractivity contribution is 9.10. The van der Waals surface area contributed by atoms with Crippen LogP contribution in [0, 0.1) is 0 Å². The van der Waals surface area contributed by atoms with E-state index < -0.39 is 0 Å². The van der Waals surface area contributed by atoms with E-state index in [1.165, 1.54) is 10.9 Å². The third-order valence-electron chi connectivity index (χ3n) is 1.88. The second kappa shape index (κ2) is 4.67. The molecule has 6 heteroatoms. The van der Waals surface area contributed by atoms with Gasteiger partial charge in [0.25, 0.3) is 0 Å². The molecule has 1 aromatic heterocycles. The first-order chi connectivity index (χ1) is 7.65. The van der Waals surface area contributed by atoms with Crippen LogP contribution in [-0.4, -0.2) is 15.6 Å². The number of amides is 1. The second-order valence-electron chi connectivity index (χ2n) is 3.04. The fourth-order valence-corrected chi connectivity index (χ4v) is 1.57. The summed E-state index contributed by atoms with van der Waals surface area (Å²) in [6.45, 7) is 0. The van der Waals surface area contributed by atoms with Gasteiger partial charge < -0.3 is 5.32 Å². The first kappa shape index (κ1) is 11.2. The van der Waals surface area contributed by atoms with Crippen molar-refractivity contribution in [3.8, 4) is 0 Å². The molecule has 0 atom stereocenters. The highest BCUT2D eigenvalue weighted by Gasteiger charge is 2.05. The van der Waals surface area contributed by atoms with Gasteiger partial charge in [-0.3, -0.25) is 4.57 Å². The molecule has 1 heterocycles. The molecular formula is C10H7BrClN3O. The highest BCUT2D eigenvalue weighted by Crippen LogP contribution is 2.14. The van der Waals surface area contributed by atoms with E-state index in [4.69, 9.17) is 11.6 Å². The molecule has 2 rings (SSSR count). The summed E-state index contributed by atoms with van der Waals surface area (Å²) in [6.07, 6.45) is 3.00. The van der Waals surface area contributed by atoms with E-state index in [9.17, 15) is 4.79 Å². The van der Waals surface area contributed by atoms with Crippen molar-refractivity contribution < 1.29 is 4.79 Å². The summed E-state index contributed by atoms with van der Waals surface area (Å²) in [6, 6.07) is 6.60. The van der Waals surface area contributed by atoms with Crippen molar-refractivity contribution in [1.29, 1.82) is 0 Å². The van der Waals surface area contributed by atoms with Gasteiger partial charge in [0.15, 0.2) is 0 Å². The summed E-state index contributed by atoms with van der Waals surface area (Å²) in [7, 11) is 0. The molecule has 0 saturated heterocycles. The first-order valence-electron chi connectivity index (χ1n) is 4.41. The average molecular weight is 301 g/mol. The molecule has 1 aromatic carbocycles. The number of nitrogens with one attached hydrogen (secondary N) is 1. The van der Waals surface area contributed by atoms with Crippen LogP contribution in [0.25, 0.3) is 0 Å². The minimum Gasteiger partial charge on any atom is -0.307 e. The number of hydrogen-bond acceptors (Lipinski definition) is 2. The first-order valence-corrected chi connectivity index (χ1v) is 5.58. The molecule has 0 aliphatic carbocycles. The number of anilines is 1. The van der Waals surface area contributed by atoms with E-state index >= 15 is 0 Å². The van der Waals surface area contributed by atoms with Crippen LogP contribution in [0.15, 0.2) is 41.4 Å². The maximum atomic E-state index is 11.7. The molecule has 0 saturated carbocycles. The van der Waals surface area contributed by atoms with E-state index in [2.05, 4.69) is 26.2 Å². The average Bonchev–Trinajstić information content (AvgIpc) is 2.68. The lowest BCUT2D eigenvalue weighted by Gasteiger charge is -2.04. The lowest BCUT2D eigenvalue weighted by Crippen LogP contribution is -2.17. The van der Waals surface area contributed by atoms with Crippen molar-refractivity contribution in [2.45, 2.75) is 0 Å². The van der Waals surface area contributed by atoms with Crippen LogP contribution < -0.4 is 5.32 Å². The van der Waals surface area contributed by atoms with E-state index in [0.717, 1.165) is 0 Å². The molecule has 0 aliphatic rings. The topological polar surface area (TPSA) is 46.9 Å². The van der Waals surface area contributed by atoms with Gasteiger partial charge in [0.05, 0.1) is 0 Å². The summed E-state index contributed by atoms with van der Waals surface area (Å²) in [5.74, 6) is 0. The molecule has 0 bridgehead atoms. The van der Waals surface area contributed by atoms with Gasteiger partial charge in [-0.25, -0.2) is 9.78 Å². The zero-order valence-corrected chi connectivity index (χ0v) is 10.4. The summed E-state index contributed by atoms with van der Waals surface area (Å²) in [5, 5.41) is 3.33. The maximum absolute atomic E-state index is 11.7. The van der Waals surface area contributed by atoms with Crippen LogP contribution in [0.3, 0.4) is 0 Å². The summed E-state index contributed by atoms with van der Waals surface area (Å²) >= 11 is 8.90. The van der Waals surface area contributed by atoms with Crippen LogP contribution in [0.1, 0.15) is 0 Å². The fourth-order valence-electron chi connectivity index (χ4n) is 1.13. The zero-order valence-electron chi connectivity index (χ0n) is 8.02. The van der Waals surface area contributed by atoms with Gasteiger partial charge in [0.1, 0.15) is 10.9 Å². The number of hydrogen-bond donors (Lipinski definition) is 1. The van der Waals surface area contributed by atoms with Crippen molar-refractivity contribution >= 4 is 39.2 Å². The summed E-state index contributed by atoms with van der Waals surface area (Å²) < 4.78 is 1.96. The second-order valence-corrected chi connectivity index (χ2v) is 4.29. The number of imidazole rings is 1. The monoisotopic (exact) mass is 299 g/mol. The quantitative estimate of drug-likeness (QED) is 0.877. The molecule has 0 spiro atoms. The predicted octanol–water partition coefficient (Wildman–Crippen LogP) is 3.38. The Kier molecular flexibility index (Phi) is 3.26. The number of rotatable bonds is 1. The molecule has 1 amide bonds. The van der Waals surface area contributed by atoms with Crippen molar-refractivity contribution in [1.82, 2.24) is 9.55 Å². The van der Waals surface area contributed by atoms with Gasteiger partial charge in [-0.2, -0.15) is 0 Å². The van der Waals surface area contributed by atoms with Gasteiger partial charge >= 0.3 is 6.03 Å². The van der Waals surface area contributed by atoms with Gasteiger partial charge in [-0.1, -0.05) is 11.6 Å². The van der Waals surface area contributed by atoms with Crippen molar-refractivity contribution in [2.75, 3.05) is 5.32 Å². The minimum atomic E-state index is -0.277. The Morgan fingerprint density at radius 2 is 2.06 bits per heavy atom. The lowest BCUT2D eigenvalue weighted by atomic mass is 10.3. The van der Waals surface area contributed by atoms with Crippen molar-refractivity contribution in [3.63, 3.8) is 0 Å². The zero-order chi connectivity index (χ0) is 11.5. The Morgan fingerprint density at radius 3 is 2.62 bits per heavy atom. The largest absolute Gasteiger partial charge is 0.331 e. The smallest absolute Gasteiger partial charge is 0.307 e. The molecule has 0 aliphatic heterocycles. The number of carbonyl (C=O) groups excluding carboxylic acids is 1. The molecule has 1 N–H and O–H groups in total. The summed E-state index contributed by atoms with van der Waals surface area (Å²) in [4.78, 5) is 15.6. The van der Waals surface area contributed by atoms with E-state index in [1.807, 2.05) is 0 Å². The number of halogens is 2. The van der Waals surface area contributed by atoms with Crippen LogP contribution in [-0.2, 0) is 0 Å². The number of nitrogens with zero attached hydrogens (tertiary/aromatic N) is 2. The van der Waals surface area contributed by atoms with Crippen LogP contribution in [0.5, 0.6) is 0 Å². The number of carbonyl (C=O) groups is 1. The summed E-state index contributed by atoms with van der Waals surface area (Å²) in [5.41, 5.74) is 0.680. The Hall–Kier alpha value is -1.33. The molecule has 16 heavy (non-hydrogen) atoms. The van der Waals surface area contributed by atoms with Crippen molar-refractivity contribution in [2.24, 2.45) is 0 Å². The number of aromatic nitrogens is 2. The molecule has 82 valence electrons. The van der Waals surface area contributed by atoms with E-state index in [-0.39, 0.29) is 6.03 Å². The molecular weight excluding hydrogens is 293 g/mol. The standard InChI is InChI=1S/C10H7BrClN3O/c11-9-5-15(6-13-9)10(16)14-8-3-1-7(12)2-4-8/h1-6H,(H,14,16). The fraction of sp³-hybridized carbons (Fsp3) is 0. The SMILES string of the molecule is O=C(Nc1ccc(Cl)cc1)n1cnc(Br)c1. The predicted molar refractivity (Wildman–Crippen MR) is 65.8 cm³/mol. The third kappa shape index (κ3) is 2.62. The molecule has 4 nitrogen and oxygen atoms in total. The Bertz CT molecular complexity index is 509. The van der Waals surface area contributed by atoms with E-state index in [0.29, 0.717) is 15.3 Å². The maximum Gasteiger partial charge on any atom is 0.331 e. The van der Waals surface area contributed by atoms with Gasteiger partial charge in [-0.15, -0.1) is 0 Å². The van der Waals surface area contributed by atoms with Crippen molar-refractivity contribution in [3.05, 3.63) is 46.4 Å². The van der Waals surface area contributed by atoms with E-state index in [1.54, 1.807) is 30.5 Å². The lowest BCUT2D eigenvalue weighted by molar-refractivity contribution is 0.253. The van der Waals surface area contributed by atoms with Gasteiger partial charge in [0.2, 0.25) is 0 Å². The molecule has 0 fully saturated rings. The Morgan fingerprint density at radius 1 is 1.38 bits per heavy atom.